The minimum absolute atomic E-state index is 0. The lowest BCUT2D eigenvalue weighted by molar-refractivity contribution is 0.254. The van der Waals surface area contributed by atoms with Crippen molar-refractivity contribution in [1.29, 1.82) is 0 Å². The van der Waals surface area contributed by atoms with Crippen molar-refractivity contribution in [2.24, 2.45) is 0 Å². The van der Waals surface area contributed by atoms with Crippen LogP contribution in [0.1, 0.15) is 2.85 Å². The number of nitrogens with zero attached hydrogens (tertiary/aromatic N) is 4. The molecular formula is C19H26N6O3S. The van der Waals surface area contributed by atoms with E-state index in [0.717, 1.165) is 17.1 Å². The summed E-state index contributed by atoms with van der Waals surface area (Å²) in [4.78, 5) is 27.1. The van der Waals surface area contributed by atoms with E-state index in [1.165, 1.54) is 11.3 Å². The number of urea groups is 1. The number of anilines is 2. The van der Waals surface area contributed by atoms with E-state index in [1.807, 2.05) is 25.1 Å². The predicted molar refractivity (Wildman–Crippen MR) is 117 cm³/mol. The van der Waals surface area contributed by atoms with Gasteiger partial charge in [-0.3, -0.25) is 10.6 Å². The normalized spacial score (nSPS) is 10.6. The summed E-state index contributed by atoms with van der Waals surface area (Å²) in [7, 11) is 5.49. The maximum atomic E-state index is 12.3. The monoisotopic (exact) mass is 418 g/mol. The van der Waals surface area contributed by atoms with Crippen molar-refractivity contribution in [2.75, 3.05) is 45.0 Å². The number of carbonyl (C=O) groups is 1. The second kappa shape index (κ2) is 9.80. The number of likely N-dealkylation sites (N-methyl/N-ethyl adjacent to an activating group) is 1. The predicted octanol–water partition coefficient (Wildman–Crippen LogP) is 3.69. The van der Waals surface area contributed by atoms with Crippen molar-refractivity contribution in [3.8, 4) is 22.3 Å². The van der Waals surface area contributed by atoms with E-state index in [2.05, 4.69) is 25.6 Å². The van der Waals surface area contributed by atoms with Gasteiger partial charge in [0.1, 0.15) is 23.3 Å². The Hall–Kier alpha value is -3.24. The van der Waals surface area contributed by atoms with Crippen LogP contribution in [0, 0.1) is 0 Å². The fourth-order valence-electron chi connectivity index (χ4n) is 2.28. The topological polar surface area (TPSA) is 102 Å². The van der Waals surface area contributed by atoms with Gasteiger partial charge in [0.05, 0.1) is 7.11 Å². The van der Waals surface area contributed by atoms with E-state index in [4.69, 9.17) is 9.47 Å². The second-order valence-corrected chi connectivity index (χ2v) is 7.07. The molecule has 0 saturated heterocycles. The molecule has 10 heteroatoms. The summed E-state index contributed by atoms with van der Waals surface area (Å²) in [6.07, 6.45) is 1.65. The second-order valence-electron chi connectivity index (χ2n) is 6.22. The molecule has 2 N–H and O–H groups in total. The van der Waals surface area contributed by atoms with Gasteiger partial charge in [-0.25, -0.2) is 14.8 Å². The van der Waals surface area contributed by atoms with Crippen molar-refractivity contribution in [2.45, 2.75) is 0 Å². The summed E-state index contributed by atoms with van der Waals surface area (Å²) in [5, 5.41) is 7.89. The van der Waals surface area contributed by atoms with Crippen LogP contribution < -0.4 is 20.1 Å². The minimum Gasteiger partial charge on any atom is -0.481 e. The first-order valence-corrected chi connectivity index (χ1v) is 9.70. The third kappa shape index (κ3) is 6.13. The van der Waals surface area contributed by atoms with Gasteiger partial charge in [-0.05, 0) is 26.2 Å². The molecule has 3 aromatic heterocycles. The van der Waals surface area contributed by atoms with E-state index >= 15 is 0 Å². The molecule has 0 fully saturated rings. The Bertz CT molecular complexity index is 973. The summed E-state index contributed by atoms with van der Waals surface area (Å²) in [6, 6.07) is 8.38. The van der Waals surface area contributed by atoms with Gasteiger partial charge >= 0.3 is 6.03 Å². The highest BCUT2D eigenvalue weighted by atomic mass is 32.1. The Balaban J connectivity index is 0.00000240. The molecule has 3 rings (SSSR count). The fraction of sp³-hybridized carbons (Fsp3) is 0.263. The number of carbonyl (C=O) groups excluding carboxylic acids is 1. The molecule has 0 bridgehead atoms. The number of nitrogens with one attached hydrogen (secondary N) is 2. The van der Waals surface area contributed by atoms with Crippen LogP contribution in [0.4, 0.5) is 16.4 Å². The summed E-state index contributed by atoms with van der Waals surface area (Å²) in [5.41, 5.74) is 0.861. The Morgan fingerprint density at radius 1 is 1.17 bits per heavy atom. The highest BCUT2D eigenvalue weighted by molar-refractivity contribution is 7.13. The molecule has 0 aliphatic rings. The standard InChI is InChI=1S/C19H22N6O3S.2H2/c1-25(2)9-10-28-16-6-4-5-14(21-16)23-19(26)24-15-12-29-18(22-15)13-7-8-20-17(11-13)27-3;;/h4-8,11-12H,9-10H2,1-3H3,(H2,21,23,24,26);2*1H. The fourth-order valence-corrected chi connectivity index (χ4v) is 3.03. The van der Waals surface area contributed by atoms with Crippen molar-refractivity contribution >= 4 is 29.0 Å². The SMILES string of the molecule is COc1cc(-c2nc(NC(=O)Nc3cccc(OCCN(C)C)n3)cs2)ccn1.[HH].[HH]. The average molecular weight is 419 g/mol. The number of methoxy groups -OCH3 is 1. The summed E-state index contributed by atoms with van der Waals surface area (Å²) in [6.45, 7) is 1.28. The van der Waals surface area contributed by atoms with Gasteiger partial charge in [-0.1, -0.05) is 6.07 Å². The zero-order chi connectivity index (χ0) is 20.6. The molecule has 29 heavy (non-hydrogen) atoms. The number of aromatic nitrogens is 3. The van der Waals surface area contributed by atoms with Crippen LogP contribution in [0.25, 0.3) is 10.6 Å². The van der Waals surface area contributed by atoms with E-state index in [-0.39, 0.29) is 2.85 Å². The minimum atomic E-state index is -0.438. The number of ether oxygens (including phenoxy) is 2. The van der Waals surface area contributed by atoms with Crippen LogP contribution in [0.5, 0.6) is 11.8 Å². The van der Waals surface area contributed by atoms with Gasteiger partial charge < -0.3 is 14.4 Å². The summed E-state index contributed by atoms with van der Waals surface area (Å²) >= 11 is 1.41. The molecular weight excluding hydrogens is 392 g/mol. The molecule has 2 amide bonds. The third-order valence-electron chi connectivity index (χ3n) is 3.69. The van der Waals surface area contributed by atoms with Crippen LogP contribution in [-0.4, -0.2) is 60.2 Å². The highest BCUT2D eigenvalue weighted by Gasteiger charge is 2.10. The molecule has 3 aromatic rings. The number of pyridine rings is 2. The van der Waals surface area contributed by atoms with Crippen LogP contribution in [0.15, 0.2) is 41.9 Å². The van der Waals surface area contributed by atoms with E-state index in [1.54, 1.807) is 43.0 Å². The quantitative estimate of drug-likeness (QED) is 0.575. The average Bonchev–Trinajstić information content (AvgIpc) is 3.16. The molecule has 3 heterocycles. The van der Waals surface area contributed by atoms with E-state index < -0.39 is 6.03 Å². The van der Waals surface area contributed by atoms with Crippen LogP contribution in [0.3, 0.4) is 0 Å². The molecule has 0 aliphatic carbocycles. The van der Waals surface area contributed by atoms with E-state index in [0.29, 0.717) is 30.0 Å². The summed E-state index contributed by atoms with van der Waals surface area (Å²) in [5.74, 6) is 1.78. The number of amides is 2. The van der Waals surface area contributed by atoms with Crippen LogP contribution in [0.2, 0.25) is 0 Å². The number of thiazole rings is 1. The maximum Gasteiger partial charge on any atom is 0.326 e. The molecule has 0 radical (unpaired) electrons. The smallest absolute Gasteiger partial charge is 0.326 e. The first-order chi connectivity index (χ1) is 14.0. The number of rotatable bonds is 8. The number of hydrogen-bond acceptors (Lipinski definition) is 8. The van der Waals surface area contributed by atoms with Gasteiger partial charge in [-0.2, -0.15) is 4.98 Å². The largest absolute Gasteiger partial charge is 0.481 e. The van der Waals surface area contributed by atoms with Crippen molar-refractivity contribution in [1.82, 2.24) is 19.9 Å². The Labute approximate surface area is 175 Å². The molecule has 9 nitrogen and oxygen atoms in total. The lowest BCUT2D eigenvalue weighted by Crippen LogP contribution is -2.21. The summed E-state index contributed by atoms with van der Waals surface area (Å²) < 4.78 is 10.7. The Kier molecular flexibility index (Phi) is 6.93. The van der Waals surface area contributed by atoms with Gasteiger partial charge in [0.2, 0.25) is 11.8 Å². The highest BCUT2D eigenvalue weighted by Crippen LogP contribution is 2.27. The zero-order valence-electron chi connectivity index (χ0n) is 16.4. The molecule has 156 valence electrons. The van der Waals surface area contributed by atoms with Crippen LogP contribution in [-0.2, 0) is 0 Å². The first kappa shape index (κ1) is 20.5. The molecule has 0 unspecified atom stereocenters. The van der Waals surface area contributed by atoms with Gasteiger partial charge in [0.15, 0.2) is 0 Å². The first-order valence-electron chi connectivity index (χ1n) is 8.82. The Morgan fingerprint density at radius 2 is 2.00 bits per heavy atom. The molecule has 0 spiro atoms. The third-order valence-corrected chi connectivity index (χ3v) is 4.58. The number of hydrogen-bond donors (Lipinski definition) is 2. The van der Waals surface area contributed by atoms with Crippen molar-refractivity contribution in [3.05, 3.63) is 41.9 Å². The van der Waals surface area contributed by atoms with Crippen molar-refractivity contribution in [3.63, 3.8) is 0 Å². The molecule has 0 aromatic carbocycles. The van der Waals surface area contributed by atoms with Crippen LogP contribution >= 0.6 is 11.3 Å². The van der Waals surface area contributed by atoms with E-state index in [9.17, 15) is 4.79 Å². The van der Waals surface area contributed by atoms with Gasteiger partial charge in [0, 0.05) is 38.7 Å². The molecule has 0 atom stereocenters. The Morgan fingerprint density at radius 3 is 2.79 bits per heavy atom. The lowest BCUT2D eigenvalue weighted by Gasteiger charge is -2.11. The zero-order valence-corrected chi connectivity index (χ0v) is 17.2. The maximum absolute atomic E-state index is 12.3. The van der Waals surface area contributed by atoms with Gasteiger partial charge in [0.25, 0.3) is 0 Å². The van der Waals surface area contributed by atoms with Gasteiger partial charge in [-0.15, -0.1) is 11.3 Å². The van der Waals surface area contributed by atoms with Crippen molar-refractivity contribution < 1.29 is 17.1 Å². The molecule has 0 saturated carbocycles. The lowest BCUT2D eigenvalue weighted by atomic mass is 10.3. The molecule has 0 aliphatic heterocycles.